The van der Waals surface area contributed by atoms with E-state index in [9.17, 15) is 4.79 Å². The Bertz CT molecular complexity index is 931. The number of hydrogen-bond donors (Lipinski definition) is 1. The first-order chi connectivity index (χ1) is 13.7. The van der Waals surface area contributed by atoms with Crippen molar-refractivity contribution in [3.05, 3.63) is 77.4 Å². The lowest BCUT2D eigenvalue weighted by Crippen LogP contribution is -2.38. The van der Waals surface area contributed by atoms with Gasteiger partial charge >= 0.3 is 0 Å². The van der Waals surface area contributed by atoms with Crippen molar-refractivity contribution in [3.8, 4) is 5.75 Å². The molecule has 1 saturated heterocycles. The molecule has 1 fully saturated rings. The van der Waals surface area contributed by atoms with Crippen molar-refractivity contribution in [3.63, 3.8) is 0 Å². The summed E-state index contributed by atoms with van der Waals surface area (Å²) in [6.07, 6.45) is 4.24. The van der Waals surface area contributed by atoms with Crippen LogP contribution in [0.3, 0.4) is 0 Å². The SMILES string of the molecule is COc1cccc(Cc2cccc(C3CCN(C(=O)c4ccn[nH]4)CC3)n2)c1. The maximum atomic E-state index is 12.4. The zero-order chi connectivity index (χ0) is 19.3. The van der Waals surface area contributed by atoms with Gasteiger partial charge in [-0.3, -0.25) is 14.9 Å². The minimum absolute atomic E-state index is 0.0238. The second-order valence-corrected chi connectivity index (χ2v) is 7.12. The number of piperidine rings is 1. The van der Waals surface area contributed by atoms with Crippen molar-refractivity contribution in [2.45, 2.75) is 25.2 Å². The molecule has 0 atom stereocenters. The molecule has 144 valence electrons. The normalized spacial score (nSPS) is 14.8. The molecule has 0 aliphatic carbocycles. The largest absolute Gasteiger partial charge is 0.497 e. The molecule has 6 heteroatoms. The highest BCUT2D eigenvalue weighted by molar-refractivity contribution is 5.92. The number of methoxy groups -OCH3 is 1. The Kier molecular flexibility index (Phi) is 5.37. The van der Waals surface area contributed by atoms with Crippen LogP contribution in [-0.4, -0.2) is 46.2 Å². The molecule has 3 aromatic rings. The van der Waals surface area contributed by atoms with Gasteiger partial charge in [-0.05, 0) is 48.7 Å². The lowest BCUT2D eigenvalue weighted by molar-refractivity contribution is 0.0706. The van der Waals surface area contributed by atoms with Crippen molar-refractivity contribution < 1.29 is 9.53 Å². The topological polar surface area (TPSA) is 71.1 Å². The number of nitrogens with one attached hydrogen (secondary N) is 1. The van der Waals surface area contributed by atoms with Gasteiger partial charge in [0.15, 0.2) is 0 Å². The van der Waals surface area contributed by atoms with Gasteiger partial charge in [0.05, 0.1) is 7.11 Å². The van der Waals surface area contributed by atoms with E-state index in [0.29, 0.717) is 11.6 Å². The van der Waals surface area contributed by atoms with Crippen LogP contribution in [0.5, 0.6) is 5.75 Å². The lowest BCUT2D eigenvalue weighted by atomic mass is 9.92. The van der Waals surface area contributed by atoms with E-state index in [-0.39, 0.29) is 5.91 Å². The number of nitrogens with zero attached hydrogens (tertiary/aromatic N) is 3. The van der Waals surface area contributed by atoms with Crippen LogP contribution in [0.15, 0.2) is 54.7 Å². The molecule has 0 saturated carbocycles. The van der Waals surface area contributed by atoms with Crippen molar-refractivity contribution >= 4 is 5.91 Å². The summed E-state index contributed by atoms with van der Waals surface area (Å²) in [5.41, 5.74) is 3.91. The first-order valence-electron chi connectivity index (χ1n) is 9.60. The van der Waals surface area contributed by atoms with Gasteiger partial charge in [-0.2, -0.15) is 5.10 Å². The second-order valence-electron chi connectivity index (χ2n) is 7.12. The highest BCUT2D eigenvalue weighted by Gasteiger charge is 2.25. The maximum absolute atomic E-state index is 12.4. The Balaban J connectivity index is 1.40. The minimum Gasteiger partial charge on any atom is -0.497 e. The number of aromatic amines is 1. The Labute approximate surface area is 164 Å². The van der Waals surface area contributed by atoms with Gasteiger partial charge in [-0.1, -0.05) is 18.2 Å². The molecular formula is C22H24N4O2. The fourth-order valence-electron chi connectivity index (χ4n) is 3.74. The van der Waals surface area contributed by atoms with Crippen LogP contribution in [0.25, 0.3) is 0 Å². The van der Waals surface area contributed by atoms with Crippen LogP contribution in [0.4, 0.5) is 0 Å². The van der Waals surface area contributed by atoms with Crippen molar-refractivity contribution in [1.29, 1.82) is 0 Å². The van der Waals surface area contributed by atoms with E-state index in [1.807, 2.05) is 23.1 Å². The number of likely N-dealkylation sites (tertiary alicyclic amines) is 1. The van der Waals surface area contributed by atoms with E-state index in [1.165, 1.54) is 5.56 Å². The predicted octanol–water partition coefficient (Wildman–Crippen LogP) is 3.42. The molecular weight excluding hydrogens is 352 g/mol. The maximum Gasteiger partial charge on any atom is 0.271 e. The van der Waals surface area contributed by atoms with Crippen LogP contribution >= 0.6 is 0 Å². The van der Waals surface area contributed by atoms with Crippen LogP contribution in [-0.2, 0) is 6.42 Å². The third-order valence-electron chi connectivity index (χ3n) is 5.28. The molecule has 28 heavy (non-hydrogen) atoms. The fourth-order valence-corrected chi connectivity index (χ4v) is 3.74. The van der Waals surface area contributed by atoms with E-state index in [1.54, 1.807) is 19.4 Å². The third kappa shape index (κ3) is 4.06. The average Bonchev–Trinajstić information content (AvgIpc) is 3.29. The average molecular weight is 376 g/mol. The molecule has 0 bridgehead atoms. The number of benzene rings is 1. The summed E-state index contributed by atoms with van der Waals surface area (Å²) < 4.78 is 5.31. The predicted molar refractivity (Wildman–Crippen MR) is 107 cm³/mol. The summed E-state index contributed by atoms with van der Waals surface area (Å²) in [6, 6.07) is 16.1. The quantitative estimate of drug-likeness (QED) is 0.741. The number of H-pyrrole nitrogens is 1. The van der Waals surface area contributed by atoms with Crippen LogP contribution in [0.1, 0.15) is 46.2 Å². The Morgan fingerprint density at radius 1 is 1.18 bits per heavy atom. The summed E-state index contributed by atoms with van der Waals surface area (Å²) in [5.74, 6) is 1.27. The van der Waals surface area contributed by atoms with E-state index in [4.69, 9.17) is 9.72 Å². The molecule has 4 rings (SSSR count). The molecule has 2 aromatic heterocycles. The van der Waals surface area contributed by atoms with Gasteiger partial charge in [0.1, 0.15) is 11.4 Å². The van der Waals surface area contributed by atoms with Gasteiger partial charge in [0.2, 0.25) is 0 Å². The van der Waals surface area contributed by atoms with Crippen LogP contribution < -0.4 is 4.74 Å². The molecule has 3 heterocycles. The summed E-state index contributed by atoms with van der Waals surface area (Å²) in [4.78, 5) is 19.2. The monoisotopic (exact) mass is 376 g/mol. The highest BCUT2D eigenvalue weighted by atomic mass is 16.5. The Hall–Kier alpha value is -3.15. The van der Waals surface area contributed by atoms with Gasteiger partial charge in [-0.25, -0.2) is 0 Å². The molecule has 1 aliphatic heterocycles. The first-order valence-corrected chi connectivity index (χ1v) is 9.60. The lowest BCUT2D eigenvalue weighted by Gasteiger charge is -2.31. The number of amides is 1. The molecule has 0 spiro atoms. The smallest absolute Gasteiger partial charge is 0.271 e. The molecule has 6 nitrogen and oxygen atoms in total. The molecule has 0 radical (unpaired) electrons. The van der Waals surface area contributed by atoms with E-state index < -0.39 is 0 Å². The summed E-state index contributed by atoms with van der Waals surface area (Å²) in [7, 11) is 1.68. The molecule has 1 aliphatic rings. The van der Waals surface area contributed by atoms with Gasteiger partial charge in [0, 0.05) is 43.0 Å². The standard InChI is InChI=1S/C22H24N4O2/c1-28-19-6-2-4-16(15-19)14-18-5-3-7-20(24-18)17-9-12-26(13-10-17)22(27)21-8-11-23-25-21/h2-8,11,15,17H,9-10,12-14H2,1H3,(H,23,25). The van der Waals surface area contributed by atoms with Gasteiger partial charge in [0.25, 0.3) is 5.91 Å². The number of carbonyl (C=O) groups is 1. The van der Waals surface area contributed by atoms with E-state index >= 15 is 0 Å². The fraction of sp³-hybridized carbons (Fsp3) is 0.318. The zero-order valence-corrected chi connectivity index (χ0v) is 16.0. The molecule has 0 unspecified atom stereocenters. The third-order valence-corrected chi connectivity index (χ3v) is 5.28. The van der Waals surface area contributed by atoms with Gasteiger partial charge < -0.3 is 9.64 Å². The van der Waals surface area contributed by atoms with Gasteiger partial charge in [-0.15, -0.1) is 0 Å². The van der Waals surface area contributed by atoms with E-state index in [2.05, 4.69) is 34.5 Å². The first kappa shape index (κ1) is 18.2. The van der Waals surface area contributed by atoms with Crippen molar-refractivity contribution in [2.24, 2.45) is 0 Å². The summed E-state index contributed by atoms with van der Waals surface area (Å²) in [6.45, 7) is 1.48. The van der Waals surface area contributed by atoms with Crippen molar-refractivity contribution in [2.75, 3.05) is 20.2 Å². The van der Waals surface area contributed by atoms with E-state index in [0.717, 1.165) is 49.5 Å². The number of hydrogen-bond acceptors (Lipinski definition) is 4. The summed E-state index contributed by atoms with van der Waals surface area (Å²) >= 11 is 0. The Morgan fingerprint density at radius 2 is 2.00 bits per heavy atom. The number of pyridine rings is 1. The number of carbonyl (C=O) groups excluding carboxylic acids is 1. The van der Waals surface area contributed by atoms with Crippen LogP contribution in [0, 0.1) is 0 Å². The van der Waals surface area contributed by atoms with Crippen molar-refractivity contribution in [1.82, 2.24) is 20.1 Å². The Morgan fingerprint density at radius 3 is 2.75 bits per heavy atom. The minimum atomic E-state index is 0.0238. The number of ether oxygens (including phenoxy) is 1. The summed E-state index contributed by atoms with van der Waals surface area (Å²) in [5, 5.41) is 6.62. The molecule has 1 amide bonds. The highest BCUT2D eigenvalue weighted by Crippen LogP contribution is 2.28. The number of rotatable bonds is 5. The number of aromatic nitrogens is 3. The molecule has 1 N–H and O–H groups in total. The zero-order valence-electron chi connectivity index (χ0n) is 16.0. The van der Waals surface area contributed by atoms with Crippen LogP contribution in [0.2, 0.25) is 0 Å². The molecule has 1 aromatic carbocycles. The second kappa shape index (κ2) is 8.25.